The number of carbonyl (C=O) groups excluding carboxylic acids is 1. The maximum absolute atomic E-state index is 11.8. The lowest BCUT2D eigenvalue weighted by Crippen LogP contribution is -2.56. The van der Waals surface area contributed by atoms with Gasteiger partial charge < -0.3 is 15.8 Å². The third-order valence-electron chi connectivity index (χ3n) is 3.63. The van der Waals surface area contributed by atoms with E-state index in [0.717, 1.165) is 32.4 Å². The lowest BCUT2D eigenvalue weighted by molar-refractivity contribution is -0.134. The number of carbonyl (C=O) groups is 1. The number of ether oxygens (including phenoxy) is 1. The largest absolute Gasteiger partial charge is 0.378 e. The maximum atomic E-state index is 11.8. The second-order valence-electron chi connectivity index (χ2n) is 4.67. The molecule has 2 fully saturated rings. The summed E-state index contributed by atoms with van der Waals surface area (Å²) in [5.41, 5.74) is 5.93. The molecule has 1 amide bonds. The Kier molecular flexibility index (Phi) is 3.78. The zero-order chi connectivity index (χ0) is 11.5. The summed E-state index contributed by atoms with van der Waals surface area (Å²) in [6, 6.07) is 0.633. The van der Waals surface area contributed by atoms with E-state index in [1.54, 1.807) is 7.05 Å². The molecule has 2 rings (SSSR count). The van der Waals surface area contributed by atoms with Gasteiger partial charge in [0.25, 0.3) is 0 Å². The van der Waals surface area contributed by atoms with E-state index in [2.05, 4.69) is 10.2 Å². The molecule has 1 aliphatic heterocycles. The minimum absolute atomic E-state index is 0.0557. The van der Waals surface area contributed by atoms with Crippen LogP contribution in [0.3, 0.4) is 0 Å². The Hall–Kier alpha value is -0.650. The number of nitrogens with two attached hydrogens (primary N) is 1. The van der Waals surface area contributed by atoms with E-state index in [1.807, 2.05) is 0 Å². The average Bonchev–Trinajstić information content (AvgIpc) is 2.75. The highest BCUT2D eigenvalue weighted by molar-refractivity contribution is 5.81. The van der Waals surface area contributed by atoms with Gasteiger partial charge in [-0.25, -0.2) is 0 Å². The normalized spacial score (nSPS) is 36.2. The van der Waals surface area contributed by atoms with Crippen molar-refractivity contribution in [2.24, 2.45) is 5.73 Å². The predicted molar refractivity (Wildman–Crippen MR) is 61.0 cm³/mol. The van der Waals surface area contributed by atoms with Crippen LogP contribution < -0.4 is 11.1 Å². The van der Waals surface area contributed by atoms with Crippen LogP contribution in [0.5, 0.6) is 0 Å². The van der Waals surface area contributed by atoms with Gasteiger partial charge in [-0.3, -0.25) is 9.69 Å². The fourth-order valence-corrected chi connectivity index (χ4v) is 2.74. The Morgan fingerprint density at radius 2 is 2.31 bits per heavy atom. The fourth-order valence-electron chi connectivity index (χ4n) is 2.74. The first kappa shape index (κ1) is 11.8. The predicted octanol–water partition coefficient (Wildman–Crippen LogP) is -0.687. The van der Waals surface area contributed by atoms with E-state index in [1.165, 1.54) is 0 Å². The minimum atomic E-state index is -0.131. The van der Waals surface area contributed by atoms with Crippen molar-refractivity contribution in [1.29, 1.82) is 0 Å². The molecule has 0 aromatic carbocycles. The molecule has 1 aliphatic carbocycles. The second kappa shape index (κ2) is 5.12. The molecule has 3 unspecified atom stereocenters. The molecule has 0 bridgehead atoms. The standard InChI is InChI=1S/C11H21N3O2/c1-13-11(15)10-7-16-5-4-14(10)9-3-2-8(12)6-9/h8-10H,2-7,12H2,1H3,(H,13,15). The van der Waals surface area contributed by atoms with Crippen LogP contribution in [0.15, 0.2) is 0 Å². The Labute approximate surface area is 96.3 Å². The Morgan fingerprint density at radius 1 is 1.50 bits per heavy atom. The molecule has 1 heterocycles. The van der Waals surface area contributed by atoms with Crippen molar-refractivity contribution >= 4 is 5.91 Å². The summed E-state index contributed by atoms with van der Waals surface area (Å²) >= 11 is 0. The van der Waals surface area contributed by atoms with E-state index in [4.69, 9.17) is 10.5 Å². The van der Waals surface area contributed by atoms with Crippen molar-refractivity contribution < 1.29 is 9.53 Å². The number of morpholine rings is 1. The van der Waals surface area contributed by atoms with Gasteiger partial charge in [-0.05, 0) is 19.3 Å². The minimum Gasteiger partial charge on any atom is -0.378 e. The molecule has 3 atom stereocenters. The first-order valence-electron chi connectivity index (χ1n) is 6.03. The van der Waals surface area contributed by atoms with Crippen molar-refractivity contribution in [2.45, 2.75) is 37.4 Å². The molecule has 0 radical (unpaired) electrons. The summed E-state index contributed by atoms with van der Waals surface area (Å²) in [7, 11) is 1.68. The molecule has 3 N–H and O–H groups in total. The van der Waals surface area contributed by atoms with E-state index in [0.29, 0.717) is 18.7 Å². The number of likely N-dealkylation sites (N-methyl/N-ethyl adjacent to an activating group) is 1. The van der Waals surface area contributed by atoms with Gasteiger partial charge in [0.1, 0.15) is 6.04 Å². The monoisotopic (exact) mass is 227 g/mol. The first-order chi connectivity index (χ1) is 7.72. The van der Waals surface area contributed by atoms with Crippen molar-refractivity contribution in [2.75, 3.05) is 26.8 Å². The zero-order valence-corrected chi connectivity index (χ0v) is 9.82. The maximum Gasteiger partial charge on any atom is 0.239 e. The van der Waals surface area contributed by atoms with Gasteiger partial charge in [0.05, 0.1) is 13.2 Å². The molecule has 16 heavy (non-hydrogen) atoms. The molecule has 2 aliphatic rings. The number of hydrogen-bond donors (Lipinski definition) is 2. The number of amides is 1. The van der Waals surface area contributed by atoms with Crippen LogP contribution in [0, 0.1) is 0 Å². The summed E-state index contributed by atoms with van der Waals surface area (Å²) in [6.07, 6.45) is 3.19. The molecule has 1 saturated carbocycles. The third kappa shape index (κ3) is 2.36. The first-order valence-corrected chi connectivity index (χ1v) is 6.03. The quantitative estimate of drug-likeness (QED) is 0.655. The van der Waals surface area contributed by atoms with E-state index >= 15 is 0 Å². The second-order valence-corrected chi connectivity index (χ2v) is 4.67. The molecule has 0 aromatic heterocycles. The molecule has 5 nitrogen and oxygen atoms in total. The van der Waals surface area contributed by atoms with Gasteiger partial charge in [0.2, 0.25) is 5.91 Å². The van der Waals surface area contributed by atoms with Gasteiger partial charge in [-0.15, -0.1) is 0 Å². The third-order valence-corrected chi connectivity index (χ3v) is 3.63. The van der Waals surface area contributed by atoms with Crippen molar-refractivity contribution in [3.63, 3.8) is 0 Å². The Morgan fingerprint density at radius 3 is 2.94 bits per heavy atom. The van der Waals surface area contributed by atoms with E-state index in [9.17, 15) is 4.79 Å². The summed E-state index contributed by atoms with van der Waals surface area (Å²) < 4.78 is 5.39. The highest BCUT2D eigenvalue weighted by Crippen LogP contribution is 2.25. The molecule has 92 valence electrons. The highest BCUT2D eigenvalue weighted by atomic mass is 16.5. The molecule has 1 saturated heterocycles. The summed E-state index contributed by atoms with van der Waals surface area (Å²) in [6.45, 7) is 2.07. The smallest absolute Gasteiger partial charge is 0.239 e. The van der Waals surface area contributed by atoms with Crippen LogP contribution in [-0.2, 0) is 9.53 Å². The summed E-state index contributed by atoms with van der Waals surface area (Å²) in [4.78, 5) is 14.0. The van der Waals surface area contributed by atoms with E-state index in [-0.39, 0.29) is 11.9 Å². The topological polar surface area (TPSA) is 67.6 Å². The molecular weight excluding hydrogens is 206 g/mol. The zero-order valence-electron chi connectivity index (χ0n) is 9.82. The number of nitrogens with one attached hydrogen (secondary N) is 1. The van der Waals surface area contributed by atoms with Gasteiger partial charge in [0, 0.05) is 25.7 Å². The molecule has 5 heteroatoms. The SMILES string of the molecule is CNC(=O)C1COCCN1C1CCC(N)C1. The molecule has 0 aromatic rings. The van der Waals surface area contributed by atoms with Crippen molar-refractivity contribution in [3.05, 3.63) is 0 Å². The number of rotatable bonds is 2. The Bertz CT molecular complexity index is 260. The number of nitrogens with zero attached hydrogens (tertiary/aromatic N) is 1. The highest BCUT2D eigenvalue weighted by Gasteiger charge is 2.36. The van der Waals surface area contributed by atoms with Crippen LogP contribution in [0.4, 0.5) is 0 Å². The van der Waals surface area contributed by atoms with Crippen LogP contribution in [0.2, 0.25) is 0 Å². The molecular formula is C11H21N3O2. The lowest BCUT2D eigenvalue weighted by atomic mass is 10.1. The van der Waals surface area contributed by atoms with Crippen LogP contribution in [-0.4, -0.2) is 55.7 Å². The Balaban J connectivity index is 2.01. The lowest BCUT2D eigenvalue weighted by Gasteiger charge is -2.38. The van der Waals surface area contributed by atoms with Crippen molar-refractivity contribution in [1.82, 2.24) is 10.2 Å². The average molecular weight is 227 g/mol. The van der Waals surface area contributed by atoms with Crippen LogP contribution in [0.25, 0.3) is 0 Å². The van der Waals surface area contributed by atoms with Gasteiger partial charge in [0.15, 0.2) is 0 Å². The summed E-state index contributed by atoms with van der Waals surface area (Å²) in [5, 5.41) is 2.71. The van der Waals surface area contributed by atoms with Gasteiger partial charge >= 0.3 is 0 Å². The summed E-state index contributed by atoms with van der Waals surface area (Å²) in [5.74, 6) is 0.0557. The van der Waals surface area contributed by atoms with Crippen LogP contribution in [0.1, 0.15) is 19.3 Å². The number of hydrogen-bond acceptors (Lipinski definition) is 4. The van der Waals surface area contributed by atoms with Crippen LogP contribution >= 0.6 is 0 Å². The van der Waals surface area contributed by atoms with Gasteiger partial charge in [-0.2, -0.15) is 0 Å². The van der Waals surface area contributed by atoms with E-state index < -0.39 is 0 Å². The fraction of sp³-hybridized carbons (Fsp3) is 0.909. The van der Waals surface area contributed by atoms with Crippen molar-refractivity contribution in [3.8, 4) is 0 Å². The molecule has 0 spiro atoms. The van der Waals surface area contributed by atoms with Gasteiger partial charge in [-0.1, -0.05) is 0 Å².